The van der Waals surface area contributed by atoms with E-state index in [2.05, 4.69) is 26.6 Å². The van der Waals surface area contributed by atoms with Crippen LogP contribution in [0.3, 0.4) is 0 Å². The summed E-state index contributed by atoms with van der Waals surface area (Å²) >= 11 is 3.44. The topological polar surface area (TPSA) is 58.2 Å². The minimum absolute atomic E-state index is 0.133. The Morgan fingerprint density at radius 3 is 2.82 bits per heavy atom. The standard InChI is InChI=1S/C17H15BrN2O2/c1-10-8-11(6-7-14(10)18)19-17(22)13-9-16(21)20-15-5-3-2-4-12(13)15/h2-8,13H,9H2,1H3,(H,19,22)(H,20,21)/t13-/m0/s1. The van der Waals surface area contributed by atoms with Crippen molar-refractivity contribution >= 4 is 39.1 Å². The van der Waals surface area contributed by atoms with Crippen LogP contribution in [0.15, 0.2) is 46.9 Å². The summed E-state index contributed by atoms with van der Waals surface area (Å²) in [5.74, 6) is -0.760. The molecule has 4 nitrogen and oxygen atoms in total. The maximum absolute atomic E-state index is 12.6. The van der Waals surface area contributed by atoms with Gasteiger partial charge in [0.15, 0.2) is 0 Å². The largest absolute Gasteiger partial charge is 0.326 e. The number of anilines is 2. The Morgan fingerprint density at radius 1 is 1.27 bits per heavy atom. The molecule has 0 unspecified atom stereocenters. The van der Waals surface area contributed by atoms with E-state index in [1.165, 1.54) is 0 Å². The summed E-state index contributed by atoms with van der Waals surface area (Å²) in [5.41, 5.74) is 3.34. The van der Waals surface area contributed by atoms with E-state index in [0.29, 0.717) is 5.69 Å². The first-order valence-electron chi connectivity index (χ1n) is 7.00. The van der Waals surface area contributed by atoms with E-state index in [9.17, 15) is 9.59 Å². The molecule has 3 rings (SSSR count). The molecule has 5 heteroatoms. The van der Waals surface area contributed by atoms with Crippen molar-refractivity contribution in [2.75, 3.05) is 10.6 Å². The highest BCUT2D eigenvalue weighted by atomic mass is 79.9. The maximum Gasteiger partial charge on any atom is 0.232 e. The number of para-hydroxylation sites is 1. The zero-order valence-corrected chi connectivity index (χ0v) is 13.6. The summed E-state index contributed by atoms with van der Waals surface area (Å²) in [5, 5.41) is 5.70. The van der Waals surface area contributed by atoms with E-state index in [-0.39, 0.29) is 18.2 Å². The van der Waals surface area contributed by atoms with Crippen LogP contribution in [0, 0.1) is 6.92 Å². The molecule has 1 heterocycles. The summed E-state index contributed by atoms with van der Waals surface area (Å²) in [6.07, 6.45) is 0.165. The van der Waals surface area contributed by atoms with Crippen molar-refractivity contribution in [2.45, 2.75) is 19.3 Å². The molecule has 112 valence electrons. The van der Waals surface area contributed by atoms with Gasteiger partial charge in [0.25, 0.3) is 0 Å². The number of halogens is 1. The van der Waals surface area contributed by atoms with E-state index in [1.807, 2.05) is 49.4 Å². The van der Waals surface area contributed by atoms with E-state index >= 15 is 0 Å². The zero-order chi connectivity index (χ0) is 15.7. The third-order valence-corrected chi connectivity index (χ3v) is 4.63. The Kier molecular flexibility index (Phi) is 3.98. The molecule has 0 aromatic heterocycles. The van der Waals surface area contributed by atoms with Crippen LogP contribution in [-0.4, -0.2) is 11.8 Å². The molecule has 0 saturated carbocycles. The molecule has 1 atom stereocenters. The van der Waals surface area contributed by atoms with Gasteiger partial charge in [-0.05, 0) is 42.3 Å². The van der Waals surface area contributed by atoms with Crippen LogP contribution < -0.4 is 10.6 Å². The fourth-order valence-electron chi connectivity index (χ4n) is 2.60. The molecule has 2 aromatic carbocycles. The second-order valence-electron chi connectivity index (χ2n) is 5.35. The summed E-state index contributed by atoms with van der Waals surface area (Å²) in [6, 6.07) is 13.0. The number of amides is 2. The molecule has 22 heavy (non-hydrogen) atoms. The van der Waals surface area contributed by atoms with Crippen molar-refractivity contribution in [3.05, 3.63) is 58.1 Å². The highest BCUT2D eigenvalue weighted by Gasteiger charge is 2.30. The molecule has 0 bridgehead atoms. The molecule has 1 aliphatic heterocycles. The van der Waals surface area contributed by atoms with Crippen molar-refractivity contribution in [3.63, 3.8) is 0 Å². The van der Waals surface area contributed by atoms with Crippen molar-refractivity contribution < 1.29 is 9.59 Å². The van der Waals surface area contributed by atoms with Crippen molar-refractivity contribution in [3.8, 4) is 0 Å². The van der Waals surface area contributed by atoms with Crippen LogP contribution in [0.1, 0.15) is 23.5 Å². The van der Waals surface area contributed by atoms with Gasteiger partial charge in [-0.15, -0.1) is 0 Å². The van der Waals surface area contributed by atoms with Crippen LogP contribution in [0.4, 0.5) is 11.4 Å². The maximum atomic E-state index is 12.6. The second-order valence-corrected chi connectivity index (χ2v) is 6.20. The highest BCUT2D eigenvalue weighted by Crippen LogP contribution is 2.33. The summed E-state index contributed by atoms with van der Waals surface area (Å²) in [6.45, 7) is 1.96. The first-order valence-corrected chi connectivity index (χ1v) is 7.79. The predicted octanol–water partition coefficient (Wildman–Crippen LogP) is 3.82. The van der Waals surface area contributed by atoms with Gasteiger partial charge < -0.3 is 10.6 Å². The average Bonchev–Trinajstić information content (AvgIpc) is 2.50. The Morgan fingerprint density at radius 2 is 2.05 bits per heavy atom. The molecule has 0 fully saturated rings. The Hall–Kier alpha value is -2.14. The van der Waals surface area contributed by atoms with Gasteiger partial charge in [-0.3, -0.25) is 9.59 Å². The fraction of sp³-hybridized carbons (Fsp3) is 0.176. The molecule has 2 aromatic rings. The van der Waals surface area contributed by atoms with Gasteiger partial charge in [-0.25, -0.2) is 0 Å². The number of nitrogens with one attached hydrogen (secondary N) is 2. The molecule has 0 spiro atoms. The van der Waals surface area contributed by atoms with Crippen LogP contribution in [-0.2, 0) is 9.59 Å². The van der Waals surface area contributed by atoms with Gasteiger partial charge in [0.05, 0.1) is 5.92 Å². The molecule has 0 radical (unpaired) electrons. The smallest absolute Gasteiger partial charge is 0.232 e. The van der Waals surface area contributed by atoms with Gasteiger partial charge in [0, 0.05) is 22.3 Å². The first kappa shape index (κ1) is 14.8. The van der Waals surface area contributed by atoms with E-state index in [4.69, 9.17) is 0 Å². The van der Waals surface area contributed by atoms with Crippen molar-refractivity contribution in [2.24, 2.45) is 0 Å². The SMILES string of the molecule is Cc1cc(NC(=O)[C@H]2CC(=O)Nc3ccccc32)ccc1Br. The Balaban J connectivity index is 1.86. The number of hydrogen-bond donors (Lipinski definition) is 2. The Labute approximate surface area is 137 Å². The second kappa shape index (κ2) is 5.93. The van der Waals surface area contributed by atoms with Crippen LogP contribution >= 0.6 is 15.9 Å². The Bertz CT molecular complexity index is 758. The number of carbonyl (C=O) groups is 2. The minimum Gasteiger partial charge on any atom is -0.326 e. The van der Waals surface area contributed by atoms with Crippen LogP contribution in [0.5, 0.6) is 0 Å². The van der Waals surface area contributed by atoms with Gasteiger partial charge in [-0.2, -0.15) is 0 Å². The molecular weight excluding hydrogens is 344 g/mol. The van der Waals surface area contributed by atoms with Crippen LogP contribution in [0.2, 0.25) is 0 Å². The molecular formula is C17H15BrN2O2. The normalized spacial score (nSPS) is 16.6. The third kappa shape index (κ3) is 2.90. The minimum atomic E-state index is -0.464. The van der Waals surface area contributed by atoms with Gasteiger partial charge in [0.1, 0.15) is 0 Å². The summed E-state index contributed by atoms with van der Waals surface area (Å²) in [7, 11) is 0. The predicted molar refractivity (Wildman–Crippen MR) is 89.9 cm³/mol. The van der Waals surface area contributed by atoms with Gasteiger partial charge >= 0.3 is 0 Å². The van der Waals surface area contributed by atoms with E-state index in [0.717, 1.165) is 21.3 Å². The number of rotatable bonds is 2. The summed E-state index contributed by atoms with van der Waals surface area (Å²) < 4.78 is 0.993. The summed E-state index contributed by atoms with van der Waals surface area (Å²) in [4.78, 5) is 24.4. The molecule has 0 aliphatic carbocycles. The lowest BCUT2D eigenvalue weighted by Gasteiger charge is -2.24. The van der Waals surface area contributed by atoms with E-state index < -0.39 is 5.92 Å². The lowest BCUT2D eigenvalue weighted by molar-refractivity contribution is -0.123. The molecule has 2 N–H and O–H groups in total. The number of hydrogen-bond acceptors (Lipinski definition) is 2. The zero-order valence-electron chi connectivity index (χ0n) is 12.0. The first-order chi connectivity index (χ1) is 10.5. The van der Waals surface area contributed by atoms with Gasteiger partial charge in [-0.1, -0.05) is 34.1 Å². The van der Waals surface area contributed by atoms with Crippen molar-refractivity contribution in [1.29, 1.82) is 0 Å². The average molecular weight is 359 g/mol. The number of benzene rings is 2. The quantitative estimate of drug-likeness (QED) is 0.857. The lowest BCUT2D eigenvalue weighted by Crippen LogP contribution is -2.30. The monoisotopic (exact) mass is 358 g/mol. The third-order valence-electron chi connectivity index (χ3n) is 3.74. The van der Waals surface area contributed by atoms with Crippen molar-refractivity contribution in [1.82, 2.24) is 0 Å². The lowest BCUT2D eigenvalue weighted by atomic mass is 9.90. The molecule has 1 aliphatic rings. The number of fused-ring (bicyclic) bond motifs is 1. The molecule has 2 amide bonds. The highest BCUT2D eigenvalue weighted by molar-refractivity contribution is 9.10. The van der Waals surface area contributed by atoms with Gasteiger partial charge in [0.2, 0.25) is 11.8 Å². The fourth-order valence-corrected chi connectivity index (χ4v) is 2.84. The van der Waals surface area contributed by atoms with Crippen LogP contribution in [0.25, 0.3) is 0 Å². The van der Waals surface area contributed by atoms with E-state index in [1.54, 1.807) is 0 Å². The number of carbonyl (C=O) groups excluding carboxylic acids is 2. The molecule has 0 saturated heterocycles. The number of aryl methyl sites for hydroxylation is 1.